The summed E-state index contributed by atoms with van der Waals surface area (Å²) in [5.74, 6) is 0.307. The molecule has 0 aliphatic heterocycles. The number of aryl methyl sites for hydroxylation is 2. The van der Waals surface area contributed by atoms with Crippen molar-refractivity contribution in [2.45, 2.75) is 33.2 Å². The van der Waals surface area contributed by atoms with Crippen molar-refractivity contribution in [3.63, 3.8) is 0 Å². The van der Waals surface area contributed by atoms with Crippen molar-refractivity contribution in [1.82, 2.24) is 5.32 Å². The summed E-state index contributed by atoms with van der Waals surface area (Å²) < 4.78 is 29.4. The van der Waals surface area contributed by atoms with Gasteiger partial charge >= 0.3 is 0 Å². The van der Waals surface area contributed by atoms with E-state index in [1.54, 1.807) is 7.11 Å². The monoisotopic (exact) mass is 313 g/mol. The van der Waals surface area contributed by atoms with Crippen LogP contribution in [0.4, 0.5) is 0 Å². The fraction of sp³-hybridized carbons (Fsp3) is 0.625. The Kier molecular flexibility index (Phi) is 7.35. The third-order valence-corrected chi connectivity index (χ3v) is 5.07. The lowest BCUT2D eigenvalue weighted by Crippen LogP contribution is -2.29. The SMILES string of the molecule is CCNC(CS(=O)(=O)CCCOC)c1cc(C)cc(C)c1. The number of hydrogen-bond donors (Lipinski definition) is 1. The Labute approximate surface area is 128 Å². The molecular formula is C16H27NO3S. The van der Waals surface area contributed by atoms with Crippen LogP contribution in [0.15, 0.2) is 18.2 Å². The standard InChI is InChI=1S/C16H27NO3S/c1-5-17-16(12-21(18,19)8-6-7-20-4)15-10-13(2)9-14(3)11-15/h9-11,16-17H,5-8,12H2,1-4H3. The van der Waals surface area contributed by atoms with Crippen LogP contribution in [0.3, 0.4) is 0 Å². The molecule has 1 rings (SSSR count). The van der Waals surface area contributed by atoms with Gasteiger partial charge < -0.3 is 10.1 Å². The van der Waals surface area contributed by atoms with E-state index in [-0.39, 0.29) is 17.5 Å². The Morgan fingerprint density at radius 2 is 1.81 bits per heavy atom. The van der Waals surface area contributed by atoms with Crippen LogP contribution in [0.1, 0.15) is 36.1 Å². The molecule has 4 nitrogen and oxygen atoms in total. The van der Waals surface area contributed by atoms with E-state index in [0.717, 1.165) is 23.2 Å². The minimum absolute atomic E-state index is 0.132. The summed E-state index contributed by atoms with van der Waals surface area (Å²) in [5, 5.41) is 3.29. The predicted molar refractivity (Wildman–Crippen MR) is 87.5 cm³/mol. The minimum Gasteiger partial charge on any atom is -0.385 e. The molecule has 1 N–H and O–H groups in total. The minimum atomic E-state index is -3.09. The van der Waals surface area contributed by atoms with Crippen molar-refractivity contribution in [2.24, 2.45) is 0 Å². The van der Waals surface area contributed by atoms with Gasteiger partial charge in [-0.05, 0) is 32.4 Å². The highest BCUT2D eigenvalue weighted by atomic mass is 32.2. The van der Waals surface area contributed by atoms with Gasteiger partial charge in [0.05, 0.1) is 11.5 Å². The molecule has 1 atom stereocenters. The first kappa shape index (κ1) is 18.1. The zero-order chi connectivity index (χ0) is 15.9. The van der Waals surface area contributed by atoms with Crippen molar-refractivity contribution in [2.75, 3.05) is 31.8 Å². The molecule has 0 saturated heterocycles. The number of benzene rings is 1. The zero-order valence-corrected chi connectivity index (χ0v) is 14.3. The third kappa shape index (κ3) is 6.59. The second kappa shape index (κ2) is 8.51. The number of nitrogens with one attached hydrogen (secondary N) is 1. The van der Waals surface area contributed by atoms with Gasteiger partial charge in [0.25, 0.3) is 0 Å². The smallest absolute Gasteiger partial charge is 0.152 e. The summed E-state index contributed by atoms with van der Waals surface area (Å²) in [4.78, 5) is 0. The van der Waals surface area contributed by atoms with Crippen LogP contribution in [0.2, 0.25) is 0 Å². The van der Waals surface area contributed by atoms with Gasteiger partial charge in [0.1, 0.15) is 0 Å². The van der Waals surface area contributed by atoms with Crippen molar-refractivity contribution >= 4 is 9.84 Å². The van der Waals surface area contributed by atoms with Gasteiger partial charge in [0.15, 0.2) is 9.84 Å². The van der Waals surface area contributed by atoms with Crippen LogP contribution >= 0.6 is 0 Å². The number of hydrogen-bond acceptors (Lipinski definition) is 4. The first-order valence-electron chi connectivity index (χ1n) is 7.39. The molecule has 1 unspecified atom stereocenters. The number of methoxy groups -OCH3 is 1. The summed E-state index contributed by atoms with van der Waals surface area (Å²) in [6.45, 7) is 7.28. The topological polar surface area (TPSA) is 55.4 Å². The van der Waals surface area contributed by atoms with Gasteiger partial charge in [-0.2, -0.15) is 0 Å². The van der Waals surface area contributed by atoms with E-state index in [0.29, 0.717) is 13.0 Å². The highest BCUT2D eigenvalue weighted by molar-refractivity contribution is 7.91. The lowest BCUT2D eigenvalue weighted by molar-refractivity contribution is 0.199. The number of rotatable bonds is 9. The molecule has 0 radical (unpaired) electrons. The van der Waals surface area contributed by atoms with E-state index in [1.807, 2.05) is 20.8 Å². The van der Waals surface area contributed by atoms with E-state index in [1.165, 1.54) is 0 Å². The van der Waals surface area contributed by atoms with E-state index >= 15 is 0 Å². The fourth-order valence-corrected chi connectivity index (χ4v) is 4.03. The normalized spacial score (nSPS) is 13.3. The molecule has 0 saturated carbocycles. The molecule has 1 aromatic rings. The quantitative estimate of drug-likeness (QED) is 0.711. The number of sulfone groups is 1. The molecule has 0 aliphatic rings. The predicted octanol–water partition coefficient (Wildman–Crippen LogP) is 2.41. The summed E-state index contributed by atoms with van der Waals surface area (Å²) in [6, 6.07) is 6.07. The van der Waals surface area contributed by atoms with Crippen molar-refractivity contribution in [1.29, 1.82) is 0 Å². The maximum absolute atomic E-state index is 12.2. The van der Waals surface area contributed by atoms with Crippen molar-refractivity contribution < 1.29 is 13.2 Å². The third-order valence-electron chi connectivity index (χ3n) is 3.32. The van der Waals surface area contributed by atoms with Gasteiger partial charge in [0, 0.05) is 19.8 Å². The summed E-state index contributed by atoms with van der Waals surface area (Å²) in [7, 11) is -1.50. The van der Waals surface area contributed by atoms with E-state index in [4.69, 9.17) is 4.74 Å². The van der Waals surface area contributed by atoms with E-state index in [9.17, 15) is 8.42 Å². The van der Waals surface area contributed by atoms with Crippen molar-refractivity contribution in [3.8, 4) is 0 Å². The molecule has 0 bridgehead atoms. The zero-order valence-electron chi connectivity index (χ0n) is 13.5. The maximum Gasteiger partial charge on any atom is 0.152 e. The molecule has 0 heterocycles. The van der Waals surface area contributed by atoms with Gasteiger partial charge in [0.2, 0.25) is 0 Å². The first-order chi connectivity index (χ1) is 9.88. The van der Waals surface area contributed by atoms with Crippen molar-refractivity contribution in [3.05, 3.63) is 34.9 Å². The lowest BCUT2D eigenvalue weighted by Gasteiger charge is -2.19. The van der Waals surface area contributed by atoms with Crippen LogP contribution in [0.25, 0.3) is 0 Å². The molecule has 120 valence electrons. The Morgan fingerprint density at radius 3 is 2.33 bits per heavy atom. The fourth-order valence-electron chi connectivity index (χ4n) is 2.49. The molecule has 21 heavy (non-hydrogen) atoms. The van der Waals surface area contributed by atoms with Crippen LogP contribution in [0.5, 0.6) is 0 Å². The van der Waals surface area contributed by atoms with Gasteiger partial charge in [-0.1, -0.05) is 36.2 Å². The second-order valence-electron chi connectivity index (χ2n) is 5.49. The highest BCUT2D eigenvalue weighted by Crippen LogP contribution is 2.19. The largest absolute Gasteiger partial charge is 0.385 e. The molecule has 0 fully saturated rings. The Morgan fingerprint density at radius 1 is 1.19 bits per heavy atom. The van der Waals surface area contributed by atoms with Crippen LogP contribution in [-0.4, -0.2) is 40.2 Å². The maximum atomic E-state index is 12.2. The van der Waals surface area contributed by atoms with Crippen LogP contribution in [0, 0.1) is 13.8 Å². The summed E-state index contributed by atoms with van der Waals surface area (Å²) in [6.07, 6.45) is 0.546. The molecule has 0 aliphatic carbocycles. The Hall–Kier alpha value is -0.910. The second-order valence-corrected chi connectivity index (χ2v) is 7.72. The molecular weight excluding hydrogens is 286 g/mol. The Balaban J connectivity index is 2.86. The average Bonchev–Trinajstić information content (AvgIpc) is 2.37. The molecule has 0 aromatic heterocycles. The average molecular weight is 313 g/mol. The van der Waals surface area contributed by atoms with E-state index in [2.05, 4.69) is 23.5 Å². The molecule has 5 heteroatoms. The van der Waals surface area contributed by atoms with Gasteiger partial charge in [-0.25, -0.2) is 8.42 Å². The Bertz CT molecular complexity index is 520. The summed E-state index contributed by atoms with van der Waals surface area (Å²) in [5.41, 5.74) is 3.36. The van der Waals surface area contributed by atoms with E-state index < -0.39 is 9.84 Å². The van der Waals surface area contributed by atoms with Crippen LogP contribution in [-0.2, 0) is 14.6 Å². The number of ether oxygens (including phenoxy) is 1. The highest BCUT2D eigenvalue weighted by Gasteiger charge is 2.20. The molecule has 0 amide bonds. The lowest BCUT2D eigenvalue weighted by atomic mass is 10.0. The van der Waals surface area contributed by atoms with Crippen LogP contribution < -0.4 is 5.32 Å². The summed E-state index contributed by atoms with van der Waals surface area (Å²) >= 11 is 0. The molecule has 0 spiro atoms. The van der Waals surface area contributed by atoms with Gasteiger partial charge in [-0.3, -0.25) is 0 Å². The first-order valence-corrected chi connectivity index (χ1v) is 9.21. The molecule has 1 aromatic carbocycles. The van der Waals surface area contributed by atoms with Gasteiger partial charge in [-0.15, -0.1) is 0 Å².